The Labute approximate surface area is 95.0 Å². The van der Waals surface area contributed by atoms with Crippen LogP contribution in [0.5, 0.6) is 5.88 Å². The molecule has 0 amide bonds. The summed E-state index contributed by atoms with van der Waals surface area (Å²) in [4.78, 5) is 8.49. The third kappa shape index (κ3) is 2.61. The van der Waals surface area contributed by atoms with E-state index in [-0.39, 0.29) is 12.0 Å². The molecule has 0 aliphatic carbocycles. The molecule has 5 nitrogen and oxygen atoms in total. The van der Waals surface area contributed by atoms with E-state index in [1.54, 1.807) is 6.07 Å². The molecular formula is C11H17N3O2. The lowest BCUT2D eigenvalue weighted by Crippen LogP contribution is -2.17. The van der Waals surface area contributed by atoms with Crippen molar-refractivity contribution >= 4 is 5.82 Å². The molecular weight excluding hydrogens is 206 g/mol. The van der Waals surface area contributed by atoms with Crippen molar-refractivity contribution in [2.45, 2.75) is 32.3 Å². The molecule has 1 aromatic rings. The van der Waals surface area contributed by atoms with E-state index >= 15 is 0 Å². The largest absolute Gasteiger partial charge is 0.472 e. The smallest absolute Gasteiger partial charge is 0.219 e. The summed E-state index contributed by atoms with van der Waals surface area (Å²) >= 11 is 0. The third-order valence-corrected chi connectivity index (χ3v) is 2.43. The molecule has 88 valence electrons. The molecule has 16 heavy (non-hydrogen) atoms. The molecule has 1 fully saturated rings. The van der Waals surface area contributed by atoms with Crippen molar-refractivity contribution < 1.29 is 9.47 Å². The number of nitrogens with zero attached hydrogens (tertiary/aromatic N) is 2. The van der Waals surface area contributed by atoms with Crippen LogP contribution in [0.4, 0.5) is 5.82 Å². The first-order chi connectivity index (χ1) is 7.65. The second-order valence-electron chi connectivity index (χ2n) is 4.25. The summed E-state index contributed by atoms with van der Waals surface area (Å²) in [6, 6.07) is 1.66. The fraction of sp³-hybridized carbons (Fsp3) is 0.636. The predicted molar refractivity (Wildman–Crippen MR) is 60.4 cm³/mol. The molecule has 1 aliphatic heterocycles. The van der Waals surface area contributed by atoms with E-state index in [0.717, 1.165) is 13.0 Å². The molecule has 2 rings (SSSR count). The van der Waals surface area contributed by atoms with Gasteiger partial charge in [-0.2, -0.15) is 4.98 Å². The van der Waals surface area contributed by atoms with Crippen LogP contribution in [-0.4, -0.2) is 29.3 Å². The minimum absolute atomic E-state index is 0.0920. The molecule has 5 heteroatoms. The zero-order chi connectivity index (χ0) is 11.5. The maximum atomic E-state index is 5.71. The lowest BCUT2D eigenvalue weighted by Gasteiger charge is -2.13. The molecule has 1 saturated heterocycles. The van der Waals surface area contributed by atoms with Gasteiger partial charge in [0.15, 0.2) is 0 Å². The molecule has 0 aromatic carbocycles. The first kappa shape index (κ1) is 11.1. The Morgan fingerprint density at radius 2 is 2.31 bits per heavy atom. The quantitative estimate of drug-likeness (QED) is 0.837. The van der Waals surface area contributed by atoms with E-state index in [9.17, 15) is 0 Å². The van der Waals surface area contributed by atoms with Crippen molar-refractivity contribution in [3.63, 3.8) is 0 Å². The number of nitrogen functional groups attached to an aromatic ring is 1. The van der Waals surface area contributed by atoms with Gasteiger partial charge >= 0.3 is 0 Å². The summed E-state index contributed by atoms with van der Waals surface area (Å²) in [6.45, 7) is 5.43. The van der Waals surface area contributed by atoms with Gasteiger partial charge in [-0.25, -0.2) is 4.98 Å². The maximum Gasteiger partial charge on any atom is 0.219 e. The Balaban J connectivity index is 2.13. The van der Waals surface area contributed by atoms with Gasteiger partial charge in [0.05, 0.1) is 13.2 Å². The van der Waals surface area contributed by atoms with Crippen LogP contribution in [0.2, 0.25) is 0 Å². The second kappa shape index (κ2) is 4.65. The summed E-state index contributed by atoms with van der Waals surface area (Å²) < 4.78 is 10.9. The second-order valence-corrected chi connectivity index (χ2v) is 4.25. The summed E-state index contributed by atoms with van der Waals surface area (Å²) in [5, 5.41) is 0. The Morgan fingerprint density at radius 1 is 1.50 bits per heavy atom. The molecule has 1 atom stereocenters. The normalized spacial score (nSPS) is 20.3. The van der Waals surface area contributed by atoms with Crippen molar-refractivity contribution in [2.75, 3.05) is 18.9 Å². The fourth-order valence-electron chi connectivity index (χ4n) is 1.56. The number of rotatable bonds is 3. The van der Waals surface area contributed by atoms with Crippen LogP contribution in [-0.2, 0) is 4.74 Å². The Kier molecular flexibility index (Phi) is 3.24. The maximum absolute atomic E-state index is 5.71. The van der Waals surface area contributed by atoms with Crippen LogP contribution >= 0.6 is 0 Å². The lowest BCUT2D eigenvalue weighted by molar-refractivity contribution is 0.137. The van der Waals surface area contributed by atoms with Crippen LogP contribution in [0, 0.1) is 0 Å². The summed E-state index contributed by atoms with van der Waals surface area (Å²) in [7, 11) is 0. The zero-order valence-electron chi connectivity index (χ0n) is 9.64. The first-order valence-corrected chi connectivity index (χ1v) is 5.54. The number of aromatic nitrogens is 2. The molecule has 1 unspecified atom stereocenters. The third-order valence-electron chi connectivity index (χ3n) is 2.43. The average Bonchev–Trinajstić information content (AvgIpc) is 2.69. The van der Waals surface area contributed by atoms with E-state index in [4.69, 9.17) is 15.2 Å². The fourth-order valence-corrected chi connectivity index (χ4v) is 1.56. The van der Waals surface area contributed by atoms with E-state index in [0.29, 0.717) is 24.1 Å². The Hall–Kier alpha value is -1.36. The highest BCUT2D eigenvalue weighted by Gasteiger charge is 2.18. The highest BCUT2D eigenvalue weighted by molar-refractivity contribution is 5.33. The van der Waals surface area contributed by atoms with Crippen LogP contribution in [0.15, 0.2) is 6.07 Å². The minimum atomic E-state index is 0.0920. The van der Waals surface area contributed by atoms with E-state index in [2.05, 4.69) is 9.97 Å². The van der Waals surface area contributed by atoms with Crippen LogP contribution in [0.1, 0.15) is 32.0 Å². The SMILES string of the molecule is CC(C)c1nc(N)cc(OC2CCOC2)n1. The molecule has 2 heterocycles. The van der Waals surface area contributed by atoms with Gasteiger partial charge in [0.25, 0.3) is 0 Å². The van der Waals surface area contributed by atoms with Crippen LogP contribution in [0.25, 0.3) is 0 Å². The van der Waals surface area contributed by atoms with Crippen molar-refractivity contribution in [1.82, 2.24) is 9.97 Å². The number of nitrogens with two attached hydrogens (primary N) is 1. The molecule has 1 aliphatic rings. The monoisotopic (exact) mass is 223 g/mol. The molecule has 0 bridgehead atoms. The van der Waals surface area contributed by atoms with Crippen molar-refractivity contribution in [2.24, 2.45) is 0 Å². The van der Waals surface area contributed by atoms with Gasteiger partial charge in [-0.1, -0.05) is 13.8 Å². The van der Waals surface area contributed by atoms with Gasteiger partial charge in [-0.05, 0) is 0 Å². The van der Waals surface area contributed by atoms with Gasteiger partial charge in [0.1, 0.15) is 17.7 Å². The molecule has 0 spiro atoms. The Bertz CT molecular complexity index is 362. The van der Waals surface area contributed by atoms with Gasteiger partial charge in [0.2, 0.25) is 5.88 Å². The highest BCUT2D eigenvalue weighted by atomic mass is 16.5. The number of hydrogen-bond donors (Lipinski definition) is 1. The van der Waals surface area contributed by atoms with E-state index in [1.807, 2.05) is 13.8 Å². The van der Waals surface area contributed by atoms with Gasteiger partial charge < -0.3 is 15.2 Å². The van der Waals surface area contributed by atoms with Crippen molar-refractivity contribution in [1.29, 1.82) is 0 Å². The first-order valence-electron chi connectivity index (χ1n) is 5.54. The molecule has 0 radical (unpaired) electrons. The number of anilines is 1. The van der Waals surface area contributed by atoms with Crippen molar-refractivity contribution in [3.05, 3.63) is 11.9 Å². The van der Waals surface area contributed by atoms with Crippen LogP contribution in [0.3, 0.4) is 0 Å². The number of hydrogen-bond acceptors (Lipinski definition) is 5. The minimum Gasteiger partial charge on any atom is -0.472 e. The highest BCUT2D eigenvalue weighted by Crippen LogP contribution is 2.19. The van der Waals surface area contributed by atoms with Gasteiger partial charge in [-0.3, -0.25) is 0 Å². The Morgan fingerprint density at radius 3 is 2.94 bits per heavy atom. The summed E-state index contributed by atoms with van der Waals surface area (Å²) in [5.74, 6) is 1.96. The van der Waals surface area contributed by atoms with Gasteiger partial charge in [0, 0.05) is 18.4 Å². The molecule has 1 aromatic heterocycles. The molecule has 0 saturated carbocycles. The zero-order valence-corrected chi connectivity index (χ0v) is 9.64. The lowest BCUT2D eigenvalue weighted by atomic mass is 10.2. The van der Waals surface area contributed by atoms with Gasteiger partial charge in [-0.15, -0.1) is 0 Å². The number of ether oxygens (including phenoxy) is 2. The van der Waals surface area contributed by atoms with Crippen LogP contribution < -0.4 is 10.5 Å². The average molecular weight is 223 g/mol. The van der Waals surface area contributed by atoms with E-state index < -0.39 is 0 Å². The van der Waals surface area contributed by atoms with E-state index in [1.165, 1.54) is 0 Å². The topological polar surface area (TPSA) is 70.3 Å². The summed E-state index contributed by atoms with van der Waals surface area (Å²) in [6.07, 6.45) is 0.996. The molecule has 2 N–H and O–H groups in total. The van der Waals surface area contributed by atoms with Crippen molar-refractivity contribution in [3.8, 4) is 5.88 Å². The summed E-state index contributed by atoms with van der Waals surface area (Å²) in [5.41, 5.74) is 5.71. The predicted octanol–water partition coefficient (Wildman–Crippen LogP) is 1.35. The standard InChI is InChI=1S/C11H17N3O2/c1-7(2)11-13-9(12)5-10(14-11)16-8-3-4-15-6-8/h5,7-8H,3-4,6H2,1-2H3,(H2,12,13,14).